The lowest BCUT2D eigenvalue weighted by atomic mass is 9.93. The number of phenols is 1. The van der Waals surface area contributed by atoms with Gasteiger partial charge in [0.2, 0.25) is 0 Å². The van der Waals surface area contributed by atoms with Gasteiger partial charge in [-0.25, -0.2) is 0 Å². The van der Waals surface area contributed by atoms with E-state index >= 15 is 0 Å². The molecule has 0 bridgehead atoms. The number of rotatable bonds is 7. The number of Topliss-reactive ketones (excluding diaryl/α,β-unsaturated/α-hetero) is 1. The molecule has 0 aliphatic carbocycles. The summed E-state index contributed by atoms with van der Waals surface area (Å²) in [5, 5.41) is 21.4. The van der Waals surface area contributed by atoms with Crippen molar-refractivity contribution in [1.29, 1.82) is 0 Å². The summed E-state index contributed by atoms with van der Waals surface area (Å²) in [5.74, 6) is -1.34. The summed E-state index contributed by atoms with van der Waals surface area (Å²) < 4.78 is 5.56. The molecule has 0 saturated carbocycles. The molecule has 3 aromatic rings. The highest BCUT2D eigenvalue weighted by atomic mass is 16.5. The molecule has 1 aliphatic heterocycles. The van der Waals surface area contributed by atoms with E-state index in [1.807, 2.05) is 44.2 Å². The maximum atomic E-state index is 13.5. The zero-order valence-corrected chi connectivity index (χ0v) is 21.8. The van der Waals surface area contributed by atoms with Crippen LogP contribution in [0.5, 0.6) is 11.5 Å². The fraction of sp³-hybridized carbons (Fsp3) is 0.267. The second-order valence-corrected chi connectivity index (χ2v) is 9.11. The molecular weight excluding hydrogens is 468 g/mol. The first-order chi connectivity index (χ1) is 17.7. The highest BCUT2D eigenvalue weighted by molar-refractivity contribution is 6.51. The van der Waals surface area contributed by atoms with Crippen LogP contribution in [0.25, 0.3) is 5.76 Å². The van der Waals surface area contributed by atoms with Crippen LogP contribution in [0, 0.1) is 13.8 Å². The van der Waals surface area contributed by atoms with Gasteiger partial charge in [0.1, 0.15) is 17.3 Å². The van der Waals surface area contributed by atoms with Gasteiger partial charge in [-0.2, -0.15) is 0 Å². The number of amides is 1. The molecule has 7 heteroatoms. The minimum Gasteiger partial charge on any atom is -0.508 e. The monoisotopic (exact) mass is 500 g/mol. The van der Waals surface area contributed by atoms with Gasteiger partial charge in [-0.15, -0.1) is 0 Å². The minimum atomic E-state index is -0.898. The first-order valence-electron chi connectivity index (χ1n) is 12.3. The highest BCUT2D eigenvalue weighted by Gasteiger charge is 2.47. The third-order valence-corrected chi connectivity index (χ3v) is 6.79. The Hall–Kier alpha value is -4.26. The van der Waals surface area contributed by atoms with Gasteiger partial charge in [0, 0.05) is 24.5 Å². The van der Waals surface area contributed by atoms with Crippen molar-refractivity contribution in [3.63, 3.8) is 0 Å². The Kier molecular flexibility index (Phi) is 7.25. The number of aliphatic hydroxyl groups excluding tert-OH is 1. The Morgan fingerprint density at radius 2 is 1.59 bits per heavy atom. The Labute approximate surface area is 217 Å². The number of aryl methyl sites for hydroxylation is 2. The zero-order valence-electron chi connectivity index (χ0n) is 21.8. The summed E-state index contributed by atoms with van der Waals surface area (Å²) in [6.45, 7) is 9.56. The van der Waals surface area contributed by atoms with Crippen LogP contribution in [0.15, 0.2) is 66.2 Å². The van der Waals surface area contributed by atoms with Crippen LogP contribution in [0.4, 0.5) is 11.4 Å². The van der Waals surface area contributed by atoms with Crippen LogP contribution in [0.2, 0.25) is 0 Å². The van der Waals surface area contributed by atoms with Crippen molar-refractivity contribution in [1.82, 2.24) is 0 Å². The lowest BCUT2D eigenvalue weighted by Gasteiger charge is -2.27. The van der Waals surface area contributed by atoms with E-state index in [9.17, 15) is 19.8 Å². The number of ketones is 1. The number of methoxy groups -OCH3 is 1. The first kappa shape index (κ1) is 25.8. The van der Waals surface area contributed by atoms with Crippen molar-refractivity contribution in [2.75, 3.05) is 30.0 Å². The molecule has 1 atom stereocenters. The number of ether oxygens (including phenoxy) is 1. The van der Waals surface area contributed by atoms with E-state index in [-0.39, 0.29) is 17.1 Å². The van der Waals surface area contributed by atoms with Gasteiger partial charge in [0.05, 0.1) is 24.3 Å². The van der Waals surface area contributed by atoms with Crippen molar-refractivity contribution < 1.29 is 24.5 Å². The number of carbonyl (C=O) groups excluding carboxylic acids is 2. The van der Waals surface area contributed by atoms with Crippen LogP contribution in [-0.2, 0) is 9.59 Å². The molecule has 4 rings (SSSR count). The third kappa shape index (κ3) is 4.65. The van der Waals surface area contributed by atoms with Crippen LogP contribution >= 0.6 is 0 Å². The molecule has 192 valence electrons. The van der Waals surface area contributed by atoms with E-state index < -0.39 is 17.7 Å². The molecule has 1 aliphatic rings. The molecule has 7 nitrogen and oxygen atoms in total. The fourth-order valence-electron chi connectivity index (χ4n) is 5.03. The van der Waals surface area contributed by atoms with Crippen LogP contribution in [0.3, 0.4) is 0 Å². The Balaban J connectivity index is 1.93. The zero-order chi connectivity index (χ0) is 26.9. The second kappa shape index (κ2) is 10.4. The van der Waals surface area contributed by atoms with E-state index in [0.717, 1.165) is 29.9 Å². The Morgan fingerprint density at radius 1 is 0.973 bits per heavy atom. The average molecular weight is 501 g/mol. The molecule has 2 N–H and O–H groups in total. The van der Waals surface area contributed by atoms with E-state index in [1.165, 1.54) is 24.1 Å². The number of phenolic OH excluding ortho intramolecular Hbond substituents is 1. The first-order valence-corrected chi connectivity index (χ1v) is 12.3. The largest absolute Gasteiger partial charge is 0.508 e. The minimum absolute atomic E-state index is 0.0354. The molecule has 1 unspecified atom stereocenters. The van der Waals surface area contributed by atoms with Gasteiger partial charge < -0.3 is 19.8 Å². The summed E-state index contributed by atoms with van der Waals surface area (Å²) in [7, 11) is 1.50. The van der Waals surface area contributed by atoms with Gasteiger partial charge in [0.15, 0.2) is 0 Å². The van der Waals surface area contributed by atoms with Crippen molar-refractivity contribution >= 4 is 28.8 Å². The lowest BCUT2D eigenvalue weighted by Crippen LogP contribution is -2.29. The van der Waals surface area contributed by atoms with Crippen molar-refractivity contribution in [3.8, 4) is 11.5 Å². The molecule has 0 aromatic heterocycles. The Bertz CT molecular complexity index is 1360. The van der Waals surface area contributed by atoms with Crippen LogP contribution in [-0.4, -0.2) is 42.1 Å². The predicted octanol–water partition coefficient (Wildman–Crippen LogP) is 5.49. The molecule has 0 radical (unpaired) electrons. The van der Waals surface area contributed by atoms with E-state index in [4.69, 9.17) is 4.74 Å². The number of hydrogen-bond donors (Lipinski definition) is 2. The van der Waals surface area contributed by atoms with Gasteiger partial charge in [0.25, 0.3) is 11.7 Å². The van der Waals surface area contributed by atoms with Crippen molar-refractivity contribution in [2.45, 2.75) is 33.7 Å². The fourth-order valence-corrected chi connectivity index (χ4v) is 5.03. The van der Waals surface area contributed by atoms with E-state index in [0.29, 0.717) is 22.6 Å². The molecule has 1 heterocycles. The summed E-state index contributed by atoms with van der Waals surface area (Å²) in [6.07, 6.45) is 0. The molecular formula is C30H32N2O5. The summed E-state index contributed by atoms with van der Waals surface area (Å²) in [6, 6.07) is 16.5. The van der Waals surface area contributed by atoms with Crippen molar-refractivity contribution in [3.05, 3.63) is 88.5 Å². The maximum absolute atomic E-state index is 13.5. The smallest absolute Gasteiger partial charge is 0.300 e. The number of benzene rings is 3. The van der Waals surface area contributed by atoms with Gasteiger partial charge in [-0.1, -0.05) is 18.2 Å². The summed E-state index contributed by atoms with van der Waals surface area (Å²) in [5.41, 5.74) is 4.10. The van der Waals surface area contributed by atoms with Crippen LogP contribution in [0.1, 0.15) is 42.1 Å². The van der Waals surface area contributed by atoms with Crippen LogP contribution < -0.4 is 14.5 Å². The van der Waals surface area contributed by atoms with Crippen molar-refractivity contribution in [2.24, 2.45) is 0 Å². The van der Waals surface area contributed by atoms with E-state index in [1.54, 1.807) is 18.2 Å². The maximum Gasteiger partial charge on any atom is 0.300 e. The molecule has 0 spiro atoms. The predicted molar refractivity (Wildman–Crippen MR) is 145 cm³/mol. The number of carbonyl (C=O) groups is 2. The standard InChI is InChI=1S/C30H32N2O5/c1-6-31(7-2)21-10-12-22(13-11-21)32-26(20-8-14-23(33)15-9-20)25(28(35)30(32)36)27(34)24-17-18(3)16-19(4)29(24)37-5/h8-17,26,33-34H,6-7H2,1-5H3/b27-25+. The quantitative estimate of drug-likeness (QED) is 0.253. The molecule has 3 aromatic carbocycles. The molecule has 37 heavy (non-hydrogen) atoms. The summed E-state index contributed by atoms with van der Waals surface area (Å²) >= 11 is 0. The lowest BCUT2D eigenvalue weighted by molar-refractivity contribution is -0.132. The van der Waals surface area contributed by atoms with Gasteiger partial charge in [-0.3, -0.25) is 14.5 Å². The summed E-state index contributed by atoms with van der Waals surface area (Å²) in [4.78, 5) is 30.5. The topological polar surface area (TPSA) is 90.3 Å². The van der Waals surface area contributed by atoms with Gasteiger partial charge in [-0.05, 0) is 86.8 Å². The third-order valence-electron chi connectivity index (χ3n) is 6.79. The average Bonchev–Trinajstić information content (AvgIpc) is 3.15. The normalized spacial score (nSPS) is 16.8. The number of aromatic hydroxyl groups is 1. The van der Waals surface area contributed by atoms with E-state index in [2.05, 4.69) is 18.7 Å². The van der Waals surface area contributed by atoms with Gasteiger partial charge >= 0.3 is 0 Å². The number of hydrogen-bond acceptors (Lipinski definition) is 6. The SMILES string of the molecule is CCN(CC)c1ccc(N2C(=O)C(=O)/C(=C(/O)c3cc(C)cc(C)c3OC)C2c2ccc(O)cc2)cc1. The number of anilines is 2. The number of nitrogens with zero attached hydrogens (tertiary/aromatic N) is 2. The highest BCUT2D eigenvalue weighted by Crippen LogP contribution is 2.44. The molecule has 1 fully saturated rings. The second-order valence-electron chi connectivity index (χ2n) is 9.11. The molecule has 1 amide bonds. The number of aliphatic hydroxyl groups is 1. The molecule has 1 saturated heterocycles. The Morgan fingerprint density at radius 3 is 2.16 bits per heavy atom.